The molecule has 2 atom stereocenters. The van der Waals surface area contributed by atoms with E-state index >= 15 is 0 Å². The van der Waals surface area contributed by atoms with Gasteiger partial charge in [0, 0.05) is 11.6 Å². The van der Waals surface area contributed by atoms with Gasteiger partial charge in [0.05, 0.1) is 12.7 Å². The maximum absolute atomic E-state index is 9.89. The maximum Gasteiger partial charge on any atom is 0.121 e. The highest BCUT2D eigenvalue weighted by atomic mass is 16.3. The van der Waals surface area contributed by atoms with Gasteiger partial charge in [-0.2, -0.15) is 0 Å². The van der Waals surface area contributed by atoms with Gasteiger partial charge in [-0.05, 0) is 30.7 Å². The summed E-state index contributed by atoms with van der Waals surface area (Å²) in [6.45, 7) is 0.127. The van der Waals surface area contributed by atoms with Crippen LogP contribution in [0.3, 0.4) is 0 Å². The fraction of sp³-hybridized carbons (Fsp3) is 0.455. The lowest BCUT2D eigenvalue weighted by Gasteiger charge is -2.19. The Labute approximate surface area is 94.3 Å². The molecule has 0 amide bonds. The molecule has 0 radical (unpaired) electrons. The zero-order valence-corrected chi connectivity index (χ0v) is 9.00. The number of hydrogen-bond acceptors (Lipinski definition) is 5. The van der Waals surface area contributed by atoms with Crippen LogP contribution in [0.15, 0.2) is 18.2 Å². The molecule has 0 fully saturated rings. The molecule has 0 aromatic heterocycles. The summed E-state index contributed by atoms with van der Waals surface area (Å²) < 4.78 is 0. The molecule has 90 valence electrons. The number of benzene rings is 1. The number of nitrogens with two attached hydrogens (primary N) is 2. The van der Waals surface area contributed by atoms with E-state index in [4.69, 9.17) is 16.6 Å². The second kappa shape index (κ2) is 5.81. The van der Waals surface area contributed by atoms with Crippen molar-refractivity contribution in [3.8, 4) is 5.75 Å². The summed E-state index contributed by atoms with van der Waals surface area (Å²) >= 11 is 0. The minimum atomic E-state index is -0.838. The van der Waals surface area contributed by atoms with Crippen LogP contribution in [-0.4, -0.2) is 27.9 Å². The normalized spacial score (nSPS) is 14.8. The van der Waals surface area contributed by atoms with Gasteiger partial charge in [-0.1, -0.05) is 6.07 Å². The van der Waals surface area contributed by atoms with E-state index in [0.29, 0.717) is 24.1 Å². The number of aromatic hydroxyl groups is 1. The molecule has 0 saturated carbocycles. The highest BCUT2D eigenvalue weighted by molar-refractivity contribution is 5.36. The molecule has 0 spiro atoms. The second-order valence-electron chi connectivity index (χ2n) is 3.73. The third-order valence-corrected chi connectivity index (χ3v) is 2.52. The molecule has 1 aromatic carbocycles. The first-order valence-electron chi connectivity index (χ1n) is 5.16. The molecule has 1 rings (SSSR count). The topological polar surface area (TPSA) is 113 Å². The van der Waals surface area contributed by atoms with Crippen molar-refractivity contribution < 1.29 is 15.3 Å². The molecule has 1 aromatic rings. The fourth-order valence-electron chi connectivity index (χ4n) is 1.51. The smallest absolute Gasteiger partial charge is 0.121 e. The van der Waals surface area contributed by atoms with Crippen molar-refractivity contribution in [3.63, 3.8) is 0 Å². The van der Waals surface area contributed by atoms with Crippen molar-refractivity contribution in [3.05, 3.63) is 29.3 Å². The summed E-state index contributed by atoms with van der Waals surface area (Å²) in [7, 11) is 0. The first-order chi connectivity index (χ1) is 7.60. The van der Waals surface area contributed by atoms with E-state index in [1.54, 1.807) is 6.07 Å². The lowest BCUT2D eigenvalue weighted by Crippen LogP contribution is -2.30. The molecule has 0 heterocycles. The second-order valence-corrected chi connectivity index (χ2v) is 3.73. The van der Waals surface area contributed by atoms with Gasteiger partial charge in [0.25, 0.3) is 0 Å². The van der Waals surface area contributed by atoms with Gasteiger partial charge in [0.1, 0.15) is 5.75 Å². The highest BCUT2D eigenvalue weighted by Gasteiger charge is 2.17. The van der Waals surface area contributed by atoms with Crippen LogP contribution >= 0.6 is 0 Å². The molecule has 2 unspecified atom stereocenters. The quantitative estimate of drug-likeness (QED) is 0.468. The highest BCUT2D eigenvalue weighted by Crippen LogP contribution is 2.24. The molecule has 16 heavy (non-hydrogen) atoms. The molecule has 5 heteroatoms. The van der Waals surface area contributed by atoms with E-state index in [2.05, 4.69) is 0 Å². The Morgan fingerprint density at radius 1 is 1.31 bits per heavy atom. The van der Waals surface area contributed by atoms with Gasteiger partial charge in [0.2, 0.25) is 0 Å². The Kier molecular flexibility index (Phi) is 4.70. The minimum Gasteiger partial charge on any atom is -0.508 e. The lowest BCUT2D eigenvalue weighted by molar-refractivity contribution is 0.143. The van der Waals surface area contributed by atoms with Gasteiger partial charge in [0.15, 0.2) is 0 Å². The van der Waals surface area contributed by atoms with Crippen LogP contribution in [0.4, 0.5) is 0 Å². The molecular weight excluding hydrogens is 208 g/mol. The summed E-state index contributed by atoms with van der Waals surface area (Å²) in [5, 5.41) is 28.2. The van der Waals surface area contributed by atoms with E-state index in [-0.39, 0.29) is 12.4 Å². The van der Waals surface area contributed by atoms with Crippen molar-refractivity contribution >= 4 is 0 Å². The number of aliphatic hydroxyl groups is 2. The van der Waals surface area contributed by atoms with Crippen molar-refractivity contribution in [2.45, 2.75) is 25.2 Å². The predicted molar refractivity (Wildman–Crippen MR) is 60.6 cm³/mol. The van der Waals surface area contributed by atoms with Crippen molar-refractivity contribution in [1.29, 1.82) is 0 Å². The maximum atomic E-state index is 9.89. The first-order valence-corrected chi connectivity index (χ1v) is 5.16. The summed E-state index contributed by atoms with van der Waals surface area (Å²) in [6.07, 6.45) is -0.328. The fourth-order valence-corrected chi connectivity index (χ4v) is 1.51. The molecular formula is C11H18N2O3. The van der Waals surface area contributed by atoms with Gasteiger partial charge < -0.3 is 26.8 Å². The predicted octanol–water partition coefficient (Wildman–Crippen LogP) is -0.406. The Balaban J connectivity index is 2.87. The molecule has 0 aliphatic carbocycles. The number of rotatable bonds is 5. The Bertz CT molecular complexity index is 344. The first kappa shape index (κ1) is 12.9. The third kappa shape index (κ3) is 2.93. The summed E-state index contributed by atoms with van der Waals surface area (Å²) in [5.74, 6) is 0.00541. The summed E-state index contributed by atoms with van der Waals surface area (Å²) in [6, 6.07) is 4.10. The molecule has 5 nitrogen and oxygen atoms in total. The van der Waals surface area contributed by atoms with E-state index in [0.717, 1.165) is 0 Å². The average molecular weight is 226 g/mol. The van der Waals surface area contributed by atoms with Crippen LogP contribution < -0.4 is 11.5 Å². The largest absolute Gasteiger partial charge is 0.508 e. The number of aliphatic hydroxyl groups excluding tert-OH is 2. The van der Waals surface area contributed by atoms with E-state index < -0.39 is 12.1 Å². The standard InChI is InChI=1S/C11H18N2O3/c12-4-3-9(13)11(16)7-1-2-10(15)8(5-7)6-14/h1-2,5,9,11,14-16H,3-4,6,12-13H2. The van der Waals surface area contributed by atoms with Gasteiger partial charge in [-0.15, -0.1) is 0 Å². The number of phenols is 1. The summed E-state index contributed by atoms with van der Waals surface area (Å²) in [5.41, 5.74) is 12.0. The van der Waals surface area contributed by atoms with Crippen LogP contribution in [0, 0.1) is 0 Å². The Morgan fingerprint density at radius 2 is 2.00 bits per heavy atom. The van der Waals surface area contributed by atoms with Crippen LogP contribution in [0.5, 0.6) is 5.75 Å². The van der Waals surface area contributed by atoms with Crippen LogP contribution in [0.2, 0.25) is 0 Å². The van der Waals surface area contributed by atoms with Crippen molar-refractivity contribution in [2.75, 3.05) is 6.54 Å². The Hall–Kier alpha value is -1.14. The lowest BCUT2D eigenvalue weighted by atomic mass is 9.98. The van der Waals surface area contributed by atoms with Crippen LogP contribution in [0.25, 0.3) is 0 Å². The Morgan fingerprint density at radius 3 is 2.56 bits per heavy atom. The zero-order valence-electron chi connectivity index (χ0n) is 9.00. The van der Waals surface area contributed by atoms with Gasteiger partial charge in [-0.25, -0.2) is 0 Å². The summed E-state index contributed by atoms with van der Waals surface area (Å²) in [4.78, 5) is 0. The minimum absolute atomic E-state index is 0.00541. The molecule has 0 aliphatic heterocycles. The third-order valence-electron chi connectivity index (χ3n) is 2.52. The average Bonchev–Trinajstić information content (AvgIpc) is 2.29. The van der Waals surface area contributed by atoms with Gasteiger partial charge >= 0.3 is 0 Å². The molecule has 0 aliphatic rings. The monoisotopic (exact) mass is 226 g/mol. The van der Waals surface area contributed by atoms with E-state index in [1.165, 1.54) is 12.1 Å². The zero-order chi connectivity index (χ0) is 12.1. The SMILES string of the molecule is NCCC(N)C(O)c1ccc(O)c(CO)c1. The van der Waals surface area contributed by atoms with Crippen molar-refractivity contribution in [1.82, 2.24) is 0 Å². The number of hydrogen-bond donors (Lipinski definition) is 5. The van der Waals surface area contributed by atoms with E-state index in [1.807, 2.05) is 0 Å². The van der Waals surface area contributed by atoms with Crippen LogP contribution in [-0.2, 0) is 6.61 Å². The molecule has 0 bridgehead atoms. The molecule has 7 N–H and O–H groups in total. The van der Waals surface area contributed by atoms with Gasteiger partial charge in [-0.3, -0.25) is 0 Å². The van der Waals surface area contributed by atoms with E-state index in [9.17, 15) is 10.2 Å². The van der Waals surface area contributed by atoms with Crippen molar-refractivity contribution in [2.24, 2.45) is 11.5 Å². The van der Waals surface area contributed by atoms with Crippen LogP contribution in [0.1, 0.15) is 23.7 Å². The molecule has 0 saturated heterocycles.